The first kappa shape index (κ1) is 24.3. The van der Waals surface area contributed by atoms with E-state index < -0.39 is 16.9 Å². The zero-order valence-corrected chi connectivity index (χ0v) is 18.0. The second kappa shape index (κ2) is 11.3. The lowest BCUT2D eigenvalue weighted by Crippen LogP contribution is -2.25. The number of nitrogens with zero attached hydrogens (tertiary/aromatic N) is 1. The number of benzene rings is 1. The van der Waals surface area contributed by atoms with Crippen molar-refractivity contribution in [2.75, 3.05) is 0 Å². The van der Waals surface area contributed by atoms with E-state index in [0.717, 1.165) is 0 Å². The van der Waals surface area contributed by atoms with Gasteiger partial charge in [-0.05, 0) is 62.3 Å². The molecule has 2 atom stereocenters. The summed E-state index contributed by atoms with van der Waals surface area (Å²) >= 11 is 0. The van der Waals surface area contributed by atoms with Crippen LogP contribution in [0.25, 0.3) is 6.08 Å². The summed E-state index contributed by atoms with van der Waals surface area (Å²) in [6, 6.07) is 5.55. The number of carbonyl (C=O) groups excluding carboxylic acids is 2. The van der Waals surface area contributed by atoms with Gasteiger partial charge in [-0.1, -0.05) is 27.7 Å². The van der Waals surface area contributed by atoms with Crippen molar-refractivity contribution in [3.63, 3.8) is 0 Å². The first-order valence-electron chi connectivity index (χ1n) is 9.87. The smallest absolute Gasteiger partial charge is 0.345 e. The van der Waals surface area contributed by atoms with Gasteiger partial charge in [0.25, 0.3) is 5.69 Å². The fraction of sp³-hybridized carbons (Fsp3) is 0.545. The Balaban J connectivity index is 3.10. The Morgan fingerprint density at radius 2 is 1.31 bits per heavy atom. The highest BCUT2D eigenvalue weighted by atomic mass is 16.6. The fourth-order valence-corrected chi connectivity index (χ4v) is 2.98. The standard InChI is InChI=1S/C22H31NO6/c1-14(2)11-16(5)28-21(24)20(22(25)29-17(6)12-15(3)4)13-18-7-9-19(10-8-18)23(26)27/h7-10,13-17H,11-12H2,1-6H3. The number of non-ortho nitro benzene ring substituents is 1. The first-order valence-corrected chi connectivity index (χ1v) is 9.87. The number of esters is 2. The minimum atomic E-state index is -0.766. The minimum Gasteiger partial charge on any atom is -0.459 e. The van der Waals surface area contributed by atoms with Gasteiger partial charge in [0.2, 0.25) is 0 Å². The van der Waals surface area contributed by atoms with Crippen LogP contribution in [0.2, 0.25) is 0 Å². The maximum absolute atomic E-state index is 12.7. The number of ether oxygens (including phenoxy) is 2. The molecule has 1 aromatic carbocycles. The van der Waals surface area contributed by atoms with Gasteiger partial charge in [-0.15, -0.1) is 0 Å². The van der Waals surface area contributed by atoms with E-state index in [1.165, 1.54) is 30.3 Å². The summed E-state index contributed by atoms with van der Waals surface area (Å²) in [6.45, 7) is 11.6. The lowest BCUT2D eigenvalue weighted by Gasteiger charge is -2.18. The van der Waals surface area contributed by atoms with Crippen molar-refractivity contribution in [3.05, 3.63) is 45.5 Å². The number of nitro benzene ring substituents is 1. The van der Waals surface area contributed by atoms with Crippen LogP contribution in [0.15, 0.2) is 29.8 Å². The number of nitro groups is 1. The second-order valence-corrected chi connectivity index (χ2v) is 8.10. The average molecular weight is 405 g/mol. The van der Waals surface area contributed by atoms with Crippen LogP contribution >= 0.6 is 0 Å². The van der Waals surface area contributed by atoms with Gasteiger partial charge < -0.3 is 9.47 Å². The molecule has 0 fully saturated rings. The molecule has 0 aliphatic carbocycles. The molecule has 2 unspecified atom stereocenters. The summed E-state index contributed by atoms with van der Waals surface area (Å²) in [7, 11) is 0. The maximum atomic E-state index is 12.7. The number of rotatable bonds is 10. The Bertz CT molecular complexity index is 704. The van der Waals surface area contributed by atoms with Crippen LogP contribution in [0, 0.1) is 22.0 Å². The molecular formula is C22H31NO6. The largest absolute Gasteiger partial charge is 0.459 e. The predicted octanol–water partition coefficient (Wildman–Crippen LogP) is 4.93. The molecule has 0 bridgehead atoms. The van der Waals surface area contributed by atoms with Gasteiger partial charge in [0.15, 0.2) is 0 Å². The maximum Gasteiger partial charge on any atom is 0.345 e. The Morgan fingerprint density at radius 1 is 0.897 bits per heavy atom. The first-order chi connectivity index (χ1) is 13.5. The zero-order chi connectivity index (χ0) is 22.1. The van der Waals surface area contributed by atoms with E-state index in [0.29, 0.717) is 30.2 Å². The van der Waals surface area contributed by atoms with Gasteiger partial charge >= 0.3 is 11.9 Å². The molecule has 0 spiro atoms. The molecule has 0 amide bonds. The van der Waals surface area contributed by atoms with Crippen LogP contribution in [-0.4, -0.2) is 29.1 Å². The molecule has 1 rings (SSSR count). The molecule has 0 heterocycles. The summed E-state index contributed by atoms with van der Waals surface area (Å²) in [4.78, 5) is 35.6. The third-order valence-electron chi connectivity index (χ3n) is 4.08. The molecule has 160 valence electrons. The Morgan fingerprint density at radius 3 is 1.66 bits per heavy atom. The van der Waals surface area contributed by atoms with Crippen molar-refractivity contribution in [1.82, 2.24) is 0 Å². The van der Waals surface area contributed by atoms with Crippen molar-refractivity contribution in [1.29, 1.82) is 0 Å². The number of hydrogen-bond acceptors (Lipinski definition) is 6. The molecular weight excluding hydrogens is 374 g/mol. The van der Waals surface area contributed by atoms with E-state index in [1.54, 1.807) is 13.8 Å². The highest BCUT2D eigenvalue weighted by molar-refractivity contribution is 6.17. The van der Waals surface area contributed by atoms with Crippen LogP contribution in [0.5, 0.6) is 0 Å². The van der Waals surface area contributed by atoms with Gasteiger partial charge in [0.05, 0.1) is 17.1 Å². The third kappa shape index (κ3) is 8.89. The van der Waals surface area contributed by atoms with Crippen LogP contribution < -0.4 is 0 Å². The molecule has 0 aliphatic rings. The van der Waals surface area contributed by atoms with Crippen molar-refractivity contribution in [3.8, 4) is 0 Å². The van der Waals surface area contributed by atoms with Gasteiger partial charge in [-0.25, -0.2) is 9.59 Å². The molecule has 1 aromatic rings. The van der Waals surface area contributed by atoms with Crippen molar-refractivity contribution in [2.24, 2.45) is 11.8 Å². The van der Waals surface area contributed by atoms with Gasteiger partial charge in [0, 0.05) is 12.1 Å². The number of hydrogen-bond donors (Lipinski definition) is 0. The number of carbonyl (C=O) groups is 2. The summed E-state index contributed by atoms with van der Waals surface area (Å²) in [5.74, 6) is -0.868. The van der Waals surface area contributed by atoms with Gasteiger partial charge in [-0.3, -0.25) is 10.1 Å². The van der Waals surface area contributed by atoms with Crippen LogP contribution in [0.1, 0.15) is 59.9 Å². The van der Waals surface area contributed by atoms with Crippen LogP contribution in [-0.2, 0) is 19.1 Å². The molecule has 7 heteroatoms. The summed E-state index contributed by atoms with van der Waals surface area (Å²) < 4.78 is 10.9. The molecule has 0 saturated carbocycles. The SMILES string of the molecule is CC(C)CC(C)OC(=O)C(=Cc1ccc([N+](=O)[O-])cc1)C(=O)OC(C)CC(C)C. The molecule has 0 radical (unpaired) electrons. The Hall–Kier alpha value is -2.70. The van der Waals surface area contributed by atoms with Crippen molar-refractivity contribution >= 4 is 23.7 Å². The molecule has 0 N–H and O–H groups in total. The van der Waals surface area contributed by atoms with E-state index in [9.17, 15) is 19.7 Å². The van der Waals surface area contributed by atoms with E-state index in [-0.39, 0.29) is 23.5 Å². The molecule has 0 aliphatic heterocycles. The molecule has 0 aromatic heterocycles. The van der Waals surface area contributed by atoms with E-state index in [1.807, 2.05) is 27.7 Å². The van der Waals surface area contributed by atoms with E-state index >= 15 is 0 Å². The summed E-state index contributed by atoms with van der Waals surface area (Å²) in [6.07, 6.45) is 1.95. The predicted molar refractivity (Wildman–Crippen MR) is 111 cm³/mol. The van der Waals surface area contributed by atoms with E-state index in [4.69, 9.17) is 9.47 Å². The highest BCUT2D eigenvalue weighted by Crippen LogP contribution is 2.18. The lowest BCUT2D eigenvalue weighted by molar-refractivity contribution is -0.384. The zero-order valence-electron chi connectivity index (χ0n) is 18.0. The van der Waals surface area contributed by atoms with E-state index in [2.05, 4.69) is 0 Å². The van der Waals surface area contributed by atoms with Gasteiger partial charge in [-0.2, -0.15) is 0 Å². The van der Waals surface area contributed by atoms with Crippen LogP contribution in [0.3, 0.4) is 0 Å². The van der Waals surface area contributed by atoms with Crippen molar-refractivity contribution < 1.29 is 24.0 Å². The fourth-order valence-electron chi connectivity index (χ4n) is 2.98. The van der Waals surface area contributed by atoms with Crippen molar-refractivity contribution in [2.45, 2.75) is 66.6 Å². The van der Waals surface area contributed by atoms with Gasteiger partial charge in [0.1, 0.15) is 5.57 Å². The summed E-state index contributed by atoms with van der Waals surface area (Å²) in [5.41, 5.74) is 0.155. The monoisotopic (exact) mass is 405 g/mol. The molecule has 7 nitrogen and oxygen atoms in total. The molecule has 0 saturated heterocycles. The Labute approximate surface area is 172 Å². The highest BCUT2D eigenvalue weighted by Gasteiger charge is 2.25. The molecule has 29 heavy (non-hydrogen) atoms. The second-order valence-electron chi connectivity index (χ2n) is 8.10. The van der Waals surface area contributed by atoms with Crippen LogP contribution in [0.4, 0.5) is 5.69 Å². The Kier molecular flexibility index (Phi) is 9.51. The quantitative estimate of drug-likeness (QED) is 0.137. The topological polar surface area (TPSA) is 95.7 Å². The third-order valence-corrected chi connectivity index (χ3v) is 4.08. The average Bonchev–Trinajstić information content (AvgIpc) is 2.58. The summed E-state index contributed by atoms with van der Waals surface area (Å²) in [5, 5.41) is 10.8. The normalized spacial score (nSPS) is 13.0. The lowest BCUT2D eigenvalue weighted by atomic mass is 10.1. The minimum absolute atomic E-state index is 0.0787.